The van der Waals surface area contributed by atoms with E-state index in [9.17, 15) is 0 Å². The minimum absolute atomic E-state index is 0.637. The first-order valence-electron chi connectivity index (χ1n) is 6.67. The first-order valence-corrected chi connectivity index (χ1v) is 7.55. The molecule has 0 aliphatic carbocycles. The van der Waals surface area contributed by atoms with Crippen molar-refractivity contribution in [2.45, 2.75) is 50.2 Å². The summed E-state index contributed by atoms with van der Waals surface area (Å²) < 4.78 is 0. The number of hydrogen-bond acceptors (Lipinski definition) is 2. The van der Waals surface area contributed by atoms with E-state index in [1.54, 1.807) is 0 Å². The lowest BCUT2D eigenvalue weighted by Gasteiger charge is -2.13. The average Bonchev–Trinajstić information content (AvgIpc) is 2.32. The molecule has 0 amide bonds. The standard InChI is InChI=1S/C15H25NS/c1-4-5-8-11-16-12-14(3)17-15-10-7-6-9-13(15)2/h6-7,9-10,14,16H,4-5,8,11-12H2,1-3H3. The molecule has 0 aliphatic heterocycles. The third kappa shape index (κ3) is 6.13. The number of benzene rings is 1. The van der Waals surface area contributed by atoms with E-state index >= 15 is 0 Å². The maximum Gasteiger partial charge on any atom is 0.0191 e. The highest BCUT2D eigenvalue weighted by molar-refractivity contribution is 8.00. The zero-order valence-corrected chi connectivity index (χ0v) is 12.1. The van der Waals surface area contributed by atoms with Crippen LogP contribution in [0.2, 0.25) is 0 Å². The summed E-state index contributed by atoms with van der Waals surface area (Å²) in [5.74, 6) is 0. The lowest BCUT2D eigenvalue weighted by Crippen LogP contribution is -2.23. The highest BCUT2D eigenvalue weighted by Crippen LogP contribution is 2.25. The second kappa shape index (κ2) is 8.60. The molecule has 0 spiro atoms. The predicted molar refractivity (Wildman–Crippen MR) is 78.9 cm³/mol. The number of thioether (sulfide) groups is 1. The van der Waals surface area contributed by atoms with Crippen LogP contribution in [0, 0.1) is 6.92 Å². The van der Waals surface area contributed by atoms with Gasteiger partial charge in [0.1, 0.15) is 0 Å². The molecule has 0 fully saturated rings. The fourth-order valence-electron chi connectivity index (χ4n) is 1.75. The molecule has 1 rings (SSSR count). The van der Waals surface area contributed by atoms with Crippen molar-refractivity contribution < 1.29 is 0 Å². The van der Waals surface area contributed by atoms with Crippen molar-refractivity contribution >= 4 is 11.8 Å². The van der Waals surface area contributed by atoms with Crippen molar-refractivity contribution in [2.24, 2.45) is 0 Å². The van der Waals surface area contributed by atoms with Crippen LogP contribution in [-0.4, -0.2) is 18.3 Å². The molecule has 1 unspecified atom stereocenters. The predicted octanol–water partition coefficient (Wildman–Crippen LogP) is 4.26. The minimum Gasteiger partial charge on any atom is -0.316 e. The summed E-state index contributed by atoms with van der Waals surface area (Å²) in [6.07, 6.45) is 3.94. The van der Waals surface area contributed by atoms with Crippen LogP contribution >= 0.6 is 11.8 Å². The van der Waals surface area contributed by atoms with Gasteiger partial charge < -0.3 is 5.32 Å². The molecular formula is C15H25NS. The second-order valence-electron chi connectivity index (χ2n) is 4.61. The fraction of sp³-hybridized carbons (Fsp3) is 0.600. The fourth-order valence-corrected chi connectivity index (χ4v) is 2.80. The summed E-state index contributed by atoms with van der Waals surface area (Å²) in [5, 5.41) is 4.18. The molecule has 17 heavy (non-hydrogen) atoms. The summed E-state index contributed by atoms with van der Waals surface area (Å²) in [5.41, 5.74) is 1.38. The number of unbranched alkanes of at least 4 members (excludes halogenated alkanes) is 2. The Balaban J connectivity index is 2.21. The van der Waals surface area contributed by atoms with E-state index < -0.39 is 0 Å². The summed E-state index contributed by atoms with van der Waals surface area (Å²) >= 11 is 1.97. The van der Waals surface area contributed by atoms with Gasteiger partial charge in [0.05, 0.1) is 0 Å². The van der Waals surface area contributed by atoms with E-state index in [0.717, 1.165) is 13.1 Å². The van der Waals surface area contributed by atoms with E-state index in [0.29, 0.717) is 5.25 Å². The number of nitrogens with one attached hydrogen (secondary N) is 1. The Morgan fingerprint density at radius 3 is 2.71 bits per heavy atom. The van der Waals surface area contributed by atoms with Crippen LogP contribution in [0.1, 0.15) is 38.7 Å². The van der Waals surface area contributed by atoms with Crippen LogP contribution < -0.4 is 5.32 Å². The molecular weight excluding hydrogens is 226 g/mol. The van der Waals surface area contributed by atoms with Gasteiger partial charge >= 0.3 is 0 Å². The van der Waals surface area contributed by atoms with Gasteiger partial charge in [-0.3, -0.25) is 0 Å². The lowest BCUT2D eigenvalue weighted by molar-refractivity contribution is 0.615. The molecule has 0 radical (unpaired) electrons. The zero-order chi connectivity index (χ0) is 12.5. The van der Waals surface area contributed by atoms with E-state index in [2.05, 4.69) is 50.4 Å². The molecule has 0 heterocycles. The SMILES string of the molecule is CCCCCNCC(C)Sc1ccccc1C. The molecule has 1 N–H and O–H groups in total. The number of rotatable bonds is 8. The van der Waals surface area contributed by atoms with Gasteiger partial charge in [0.25, 0.3) is 0 Å². The molecule has 0 saturated carbocycles. The Morgan fingerprint density at radius 1 is 1.24 bits per heavy atom. The molecule has 0 bridgehead atoms. The second-order valence-corrected chi connectivity index (χ2v) is 6.09. The van der Waals surface area contributed by atoms with Crippen molar-refractivity contribution in [1.82, 2.24) is 5.32 Å². The third-order valence-electron chi connectivity index (χ3n) is 2.81. The summed E-state index contributed by atoms with van der Waals surface area (Å²) in [6.45, 7) is 8.99. The van der Waals surface area contributed by atoms with Crippen LogP contribution in [0.3, 0.4) is 0 Å². The van der Waals surface area contributed by atoms with Crippen molar-refractivity contribution in [1.29, 1.82) is 0 Å². The van der Waals surface area contributed by atoms with Crippen LogP contribution in [0.25, 0.3) is 0 Å². The summed E-state index contributed by atoms with van der Waals surface area (Å²) in [7, 11) is 0. The van der Waals surface area contributed by atoms with Gasteiger partial charge in [0.15, 0.2) is 0 Å². The molecule has 1 atom stereocenters. The van der Waals surface area contributed by atoms with E-state index in [1.165, 1.54) is 29.7 Å². The van der Waals surface area contributed by atoms with Gasteiger partial charge in [-0.2, -0.15) is 0 Å². The van der Waals surface area contributed by atoms with Gasteiger partial charge in [0.2, 0.25) is 0 Å². The zero-order valence-electron chi connectivity index (χ0n) is 11.3. The Kier molecular flexibility index (Phi) is 7.38. The van der Waals surface area contributed by atoms with Gasteiger partial charge in [0, 0.05) is 16.7 Å². The minimum atomic E-state index is 0.637. The highest BCUT2D eigenvalue weighted by atomic mass is 32.2. The molecule has 1 nitrogen and oxygen atoms in total. The monoisotopic (exact) mass is 251 g/mol. The third-order valence-corrected chi connectivity index (χ3v) is 4.09. The molecule has 1 aromatic rings. The summed E-state index contributed by atoms with van der Waals surface area (Å²) in [6, 6.07) is 8.63. The van der Waals surface area contributed by atoms with Crippen LogP contribution in [0.15, 0.2) is 29.2 Å². The Bertz CT molecular complexity index is 312. The van der Waals surface area contributed by atoms with Crippen LogP contribution in [0.5, 0.6) is 0 Å². The van der Waals surface area contributed by atoms with Crippen molar-refractivity contribution in [3.05, 3.63) is 29.8 Å². The van der Waals surface area contributed by atoms with Gasteiger partial charge in [-0.05, 0) is 31.5 Å². The van der Waals surface area contributed by atoms with Gasteiger partial charge in [-0.1, -0.05) is 44.9 Å². The van der Waals surface area contributed by atoms with E-state index in [4.69, 9.17) is 0 Å². The lowest BCUT2D eigenvalue weighted by atomic mass is 10.2. The number of hydrogen-bond donors (Lipinski definition) is 1. The van der Waals surface area contributed by atoms with Crippen LogP contribution in [0.4, 0.5) is 0 Å². The molecule has 0 saturated heterocycles. The Morgan fingerprint density at radius 2 is 2.00 bits per heavy atom. The van der Waals surface area contributed by atoms with E-state index in [1.807, 2.05) is 11.8 Å². The highest BCUT2D eigenvalue weighted by Gasteiger charge is 2.05. The molecule has 96 valence electrons. The Hall–Kier alpha value is -0.470. The van der Waals surface area contributed by atoms with Crippen molar-refractivity contribution in [2.75, 3.05) is 13.1 Å². The summed E-state index contributed by atoms with van der Waals surface area (Å²) in [4.78, 5) is 1.41. The van der Waals surface area contributed by atoms with Gasteiger partial charge in [-0.25, -0.2) is 0 Å². The average molecular weight is 251 g/mol. The van der Waals surface area contributed by atoms with Crippen molar-refractivity contribution in [3.63, 3.8) is 0 Å². The maximum atomic E-state index is 3.54. The normalized spacial score (nSPS) is 12.6. The first kappa shape index (κ1) is 14.6. The smallest absolute Gasteiger partial charge is 0.0191 e. The molecule has 0 aliphatic rings. The van der Waals surface area contributed by atoms with E-state index in [-0.39, 0.29) is 0 Å². The molecule has 1 aromatic carbocycles. The van der Waals surface area contributed by atoms with Crippen LogP contribution in [-0.2, 0) is 0 Å². The first-order chi connectivity index (χ1) is 8.24. The van der Waals surface area contributed by atoms with Gasteiger partial charge in [-0.15, -0.1) is 11.8 Å². The largest absolute Gasteiger partial charge is 0.316 e. The quantitative estimate of drug-likeness (QED) is 0.547. The van der Waals surface area contributed by atoms with Crippen molar-refractivity contribution in [3.8, 4) is 0 Å². The Labute approximate surface area is 110 Å². The molecule has 0 aromatic heterocycles. The maximum absolute atomic E-state index is 3.54. The topological polar surface area (TPSA) is 12.0 Å². The molecule has 2 heteroatoms. The number of aryl methyl sites for hydroxylation is 1.